The van der Waals surface area contributed by atoms with E-state index in [9.17, 15) is 0 Å². The summed E-state index contributed by atoms with van der Waals surface area (Å²) in [6.45, 7) is 6.45. The van der Waals surface area contributed by atoms with Crippen molar-refractivity contribution in [2.75, 3.05) is 0 Å². The van der Waals surface area contributed by atoms with E-state index in [0.717, 1.165) is 17.5 Å². The Hall–Kier alpha value is -0.101. The molecule has 0 fully saturated rings. The molecule has 1 atom stereocenters. The van der Waals surface area contributed by atoms with Crippen LogP contribution in [-0.2, 0) is 19.3 Å². The maximum absolute atomic E-state index is 4.76. The molecule has 1 heterocycles. The Bertz CT molecular complexity index is 553. The SMILES string of the molecule is Cc1cc(C)c(-c2cccc(CP)n2)c(C)c1.[Cl][Fe][Cl]. The molecule has 0 amide bonds. The average Bonchev–Trinajstić information content (AvgIpc) is 2.38. The summed E-state index contributed by atoms with van der Waals surface area (Å²) in [5.74, 6) is 0. The molecule has 0 N–H and O–H groups in total. The zero-order valence-corrected chi connectivity index (χ0v) is 15.5. The van der Waals surface area contributed by atoms with Crippen molar-refractivity contribution >= 4 is 29.4 Å². The van der Waals surface area contributed by atoms with Crippen LogP contribution in [0.5, 0.6) is 0 Å². The normalized spacial score (nSPS) is 10.1. The summed E-state index contributed by atoms with van der Waals surface area (Å²) < 4.78 is 0. The topological polar surface area (TPSA) is 12.9 Å². The molecule has 0 radical (unpaired) electrons. The quantitative estimate of drug-likeness (QED) is 0.508. The minimum absolute atomic E-state index is 0.194. The number of hydrogen-bond donors (Lipinski definition) is 0. The number of rotatable bonds is 2. The number of pyridine rings is 1. The first-order valence-electron chi connectivity index (χ1n) is 6.12. The third kappa shape index (κ3) is 5.02. The minimum atomic E-state index is 0.194. The third-order valence-electron chi connectivity index (χ3n) is 2.95. The van der Waals surface area contributed by atoms with Crippen LogP contribution in [0, 0.1) is 20.8 Å². The Morgan fingerprint density at radius 2 is 1.65 bits per heavy atom. The van der Waals surface area contributed by atoms with Gasteiger partial charge < -0.3 is 0 Å². The van der Waals surface area contributed by atoms with Crippen LogP contribution in [0.25, 0.3) is 11.3 Å². The van der Waals surface area contributed by atoms with Crippen LogP contribution in [-0.4, -0.2) is 4.98 Å². The summed E-state index contributed by atoms with van der Waals surface area (Å²) >= 11 is 0.194. The van der Waals surface area contributed by atoms with Crippen molar-refractivity contribution in [3.8, 4) is 11.3 Å². The Balaban J connectivity index is 0.000000612. The van der Waals surface area contributed by atoms with Gasteiger partial charge in [0.15, 0.2) is 0 Å². The van der Waals surface area contributed by atoms with E-state index in [2.05, 4.69) is 60.3 Å². The molecule has 1 unspecified atom stereocenters. The number of nitrogens with zero attached hydrogens (tertiary/aromatic N) is 1. The molecular formula is C15H18Cl2FeNP. The van der Waals surface area contributed by atoms with E-state index in [1.54, 1.807) is 0 Å². The standard InChI is InChI=1S/C15H18NP.2ClH.Fe/c1-10-7-11(2)15(12(3)8-10)14-6-4-5-13(9-17)16-14;;;/h4-8H,9,17H2,1-3H3;2*1H;/q;;;+2/p-2. The molecule has 0 aliphatic carbocycles. The average molecular weight is 370 g/mol. The van der Waals surface area contributed by atoms with Crippen LogP contribution in [0.15, 0.2) is 30.3 Å². The Labute approximate surface area is 138 Å². The van der Waals surface area contributed by atoms with E-state index < -0.39 is 0 Å². The van der Waals surface area contributed by atoms with Crippen LogP contribution in [0.2, 0.25) is 0 Å². The Morgan fingerprint density at radius 1 is 1.10 bits per heavy atom. The van der Waals surface area contributed by atoms with Crippen LogP contribution in [0.3, 0.4) is 0 Å². The molecule has 0 saturated carbocycles. The zero-order chi connectivity index (χ0) is 15.1. The van der Waals surface area contributed by atoms with Crippen molar-refractivity contribution in [1.29, 1.82) is 0 Å². The van der Waals surface area contributed by atoms with Crippen LogP contribution < -0.4 is 0 Å². The molecule has 0 saturated heterocycles. The Kier molecular flexibility index (Phi) is 8.10. The van der Waals surface area contributed by atoms with Gasteiger partial charge in [-0.15, -0.1) is 9.24 Å². The molecule has 2 aromatic rings. The first-order chi connectivity index (χ1) is 9.53. The van der Waals surface area contributed by atoms with Crippen molar-refractivity contribution in [3.63, 3.8) is 0 Å². The van der Waals surface area contributed by atoms with Crippen LogP contribution >= 0.6 is 29.4 Å². The first kappa shape index (κ1) is 17.9. The number of hydrogen-bond acceptors (Lipinski definition) is 1. The van der Waals surface area contributed by atoms with E-state index >= 15 is 0 Å². The van der Waals surface area contributed by atoms with Gasteiger partial charge in [-0.3, -0.25) is 4.98 Å². The van der Waals surface area contributed by atoms with E-state index in [0.29, 0.717) is 0 Å². The van der Waals surface area contributed by atoms with E-state index in [1.807, 2.05) is 0 Å². The fourth-order valence-corrected chi connectivity index (χ4v) is 2.54. The van der Waals surface area contributed by atoms with Gasteiger partial charge in [0.25, 0.3) is 0 Å². The fraction of sp³-hybridized carbons (Fsp3) is 0.267. The second kappa shape index (κ2) is 9.03. The van der Waals surface area contributed by atoms with Gasteiger partial charge in [0.2, 0.25) is 0 Å². The fourth-order valence-electron chi connectivity index (χ4n) is 2.32. The number of halogens is 2. The zero-order valence-electron chi connectivity index (χ0n) is 11.7. The second-order valence-corrected chi connectivity index (χ2v) is 6.77. The molecule has 2 rings (SSSR count). The molecule has 5 heteroatoms. The molecule has 20 heavy (non-hydrogen) atoms. The van der Waals surface area contributed by atoms with E-state index in [1.165, 1.54) is 22.3 Å². The third-order valence-corrected chi connectivity index (χ3v) is 3.37. The van der Waals surface area contributed by atoms with Gasteiger partial charge >= 0.3 is 33.3 Å². The molecule has 110 valence electrons. The van der Waals surface area contributed by atoms with Gasteiger partial charge in [0.1, 0.15) is 0 Å². The molecule has 0 aliphatic rings. The molecular weight excluding hydrogens is 352 g/mol. The second-order valence-electron chi connectivity index (χ2n) is 4.54. The van der Waals surface area contributed by atoms with Gasteiger partial charge in [-0.05, 0) is 44.0 Å². The molecule has 1 aromatic heterocycles. The van der Waals surface area contributed by atoms with Crippen molar-refractivity contribution in [1.82, 2.24) is 4.98 Å². The monoisotopic (exact) mass is 369 g/mol. The predicted octanol–water partition coefficient (Wildman–Crippen LogP) is 5.43. The Morgan fingerprint density at radius 3 is 2.15 bits per heavy atom. The summed E-state index contributed by atoms with van der Waals surface area (Å²) in [5, 5.41) is 0. The van der Waals surface area contributed by atoms with Crippen molar-refractivity contribution in [2.24, 2.45) is 0 Å². The molecule has 0 spiro atoms. The molecule has 0 aliphatic heterocycles. The van der Waals surface area contributed by atoms with Gasteiger partial charge in [0.05, 0.1) is 5.69 Å². The van der Waals surface area contributed by atoms with Crippen LogP contribution in [0.1, 0.15) is 22.4 Å². The molecule has 1 nitrogen and oxygen atoms in total. The van der Waals surface area contributed by atoms with Crippen molar-refractivity contribution in [3.05, 3.63) is 52.7 Å². The summed E-state index contributed by atoms with van der Waals surface area (Å²) in [4.78, 5) is 4.69. The summed E-state index contributed by atoms with van der Waals surface area (Å²) in [6.07, 6.45) is 0.901. The van der Waals surface area contributed by atoms with Gasteiger partial charge in [-0.2, -0.15) is 0 Å². The summed E-state index contributed by atoms with van der Waals surface area (Å²) in [7, 11) is 12.3. The number of benzene rings is 1. The first-order valence-corrected chi connectivity index (χ1v) is 9.98. The molecule has 1 aromatic carbocycles. The van der Waals surface area contributed by atoms with E-state index in [-0.39, 0.29) is 13.1 Å². The number of aromatic nitrogens is 1. The maximum atomic E-state index is 4.76. The van der Waals surface area contributed by atoms with Crippen LogP contribution in [0.4, 0.5) is 0 Å². The van der Waals surface area contributed by atoms with E-state index in [4.69, 9.17) is 25.2 Å². The number of aryl methyl sites for hydroxylation is 3. The summed E-state index contributed by atoms with van der Waals surface area (Å²) in [6, 6.07) is 10.7. The summed E-state index contributed by atoms with van der Waals surface area (Å²) in [5.41, 5.74) is 7.39. The van der Waals surface area contributed by atoms with Gasteiger partial charge in [-0.1, -0.05) is 23.8 Å². The van der Waals surface area contributed by atoms with Gasteiger partial charge in [-0.25, -0.2) is 0 Å². The molecule has 0 bridgehead atoms. The van der Waals surface area contributed by atoms with Crippen molar-refractivity contribution in [2.45, 2.75) is 26.9 Å². The van der Waals surface area contributed by atoms with Gasteiger partial charge in [0, 0.05) is 17.4 Å². The predicted molar refractivity (Wildman–Crippen MR) is 89.0 cm³/mol. The van der Waals surface area contributed by atoms with Crippen molar-refractivity contribution < 1.29 is 13.1 Å².